The van der Waals surface area contributed by atoms with Crippen LogP contribution in [0.5, 0.6) is 0 Å². The first-order valence-corrected chi connectivity index (χ1v) is 14.9. The second kappa shape index (κ2) is 9.84. The van der Waals surface area contributed by atoms with E-state index in [-0.39, 0.29) is 27.4 Å². The normalized spacial score (nSPS) is 13.6. The van der Waals surface area contributed by atoms with Crippen molar-refractivity contribution >= 4 is 26.5 Å². The van der Waals surface area contributed by atoms with Crippen molar-refractivity contribution < 1.29 is 29.4 Å². The van der Waals surface area contributed by atoms with E-state index < -0.39 is 15.9 Å². The summed E-state index contributed by atoms with van der Waals surface area (Å²) < 4.78 is 0. The van der Waals surface area contributed by atoms with Crippen LogP contribution in [0.15, 0.2) is 24.3 Å². The van der Waals surface area contributed by atoms with Gasteiger partial charge in [0.1, 0.15) is 0 Å². The fourth-order valence-electron chi connectivity index (χ4n) is 4.73. The van der Waals surface area contributed by atoms with Crippen LogP contribution in [0.4, 0.5) is 0 Å². The van der Waals surface area contributed by atoms with Gasteiger partial charge < -0.3 is 0 Å². The van der Waals surface area contributed by atoms with Crippen LogP contribution in [0.25, 0.3) is 0 Å². The summed E-state index contributed by atoms with van der Waals surface area (Å²) in [6.07, 6.45) is 1.71. The van der Waals surface area contributed by atoms with E-state index in [1.165, 1.54) is 0 Å². The molecule has 0 spiro atoms. The minimum absolute atomic E-state index is 0.0541. The summed E-state index contributed by atoms with van der Waals surface area (Å²) in [4.78, 5) is 60.3. The highest BCUT2D eigenvalue weighted by Gasteiger charge is 2.41. The molecular formula is C26H42O6P2+2. The summed E-state index contributed by atoms with van der Waals surface area (Å²) in [5, 5.41) is 0.323. The van der Waals surface area contributed by atoms with E-state index in [2.05, 4.69) is 48.5 Å². The molecule has 0 aromatic heterocycles. The second-order valence-corrected chi connectivity index (χ2v) is 14.7. The van der Waals surface area contributed by atoms with Gasteiger partial charge in [-0.2, -0.15) is 29.4 Å². The van der Waals surface area contributed by atoms with Crippen LogP contribution in [0, 0.1) is 13.8 Å². The van der Waals surface area contributed by atoms with E-state index in [0.29, 0.717) is 11.1 Å². The molecular weight excluding hydrogens is 470 g/mol. The first-order chi connectivity index (χ1) is 15.2. The van der Waals surface area contributed by atoms with E-state index >= 15 is 0 Å². The average molecular weight is 513 g/mol. The van der Waals surface area contributed by atoms with Gasteiger partial charge in [-0.05, 0) is 76.6 Å². The van der Waals surface area contributed by atoms with Crippen molar-refractivity contribution in [2.24, 2.45) is 0 Å². The topological polar surface area (TPSA) is 121 Å². The lowest BCUT2D eigenvalue weighted by atomic mass is 9.72. The van der Waals surface area contributed by atoms with Crippen molar-refractivity contribution in [3.05, 3.63) is 57.6 Å². The zero-order valence-corrected chi connectivity index (χ0v) is 23.7. The van der Waals surface area contributed by atoms with E-state index in [1.54, 1.807) is 26.0 Å². The van der Waals surface area contributed by atoms with Crippen LogP contribution in [0.3, 0.4) is 0 Å². The van der Waals surface area contributed by atoms with Crippen LogP contribution in [0.1, 0.15) is 101 Å². The van der Waals surface area contributed by atoms with Gasteiger partial charge in [-0.3, -0.25) is 0 Å². The molecule has 0 saturated carbocycles. The maximum Gasteiger partial charge on any atom is 0.441 e. The van der Waals surface area contributed by atoms with Crippen LogP contribution in [0.2, 0.25) is 0 Å². The van der Waals surface area contributed by atoms with Crippen molar-refractivity contribution in [3.8, 4) is 0 Å². The molecule has 0 unspecified atom stereocenters. The Bertz CT molecular complexity index is 956. The Kier molecular flexibility index (Phi) is 8.48. The van der Waals surface area contributed by atoms with Gasteiger partial charge in [0, 0.05) is 5.92 Å². The predicted octanol–water partition coefficient (Wildman–Crippen LogP) is 4.56. The van der Waals surface area contributed by atoms with Crippen molar-refractivity contribution in [1.82, 2.24) is 0 Å². The molecule has 2 aromatic rings. The highest BCUT2D eigenvalue weighted by atomic mass is 31.2. The zero-order chi connectivity index (χ0) is 26.4. The first-order valence-electron chi connectivity index (χ1n) is 11.6. The summed E-state index contributed by atoms with van der Waals surface area (Å²) in [5.41, 5.74) is 4.48. The predicted molar refractivity (Wildman–Crippen MR) is 143 cm³/mol. The molecule has 0 bridgehead atoms. The Morgan fingerprint density at radius 2 is 0.971 bits per heavy atom. The Hall–Kier alpha value is -0.940. The van der Waals surface area contributed by atoms with Gasteiger partial charge in [0.05, 0.1) is 0 Å². The Morgan fingerprint density at radius 1 is 0.647 bits per heavy atom. The lowest BCUT2D eigenvalue weighted by molar-refractivity contribution is 0.344. The fraction of sp³-hybridized carbons (Fsp3) is 0.538. The molecule has 190 valence electrons. The molecule has 6 N–H and O–H groups in total. The molecule has 2 rings (SSSR count). The molecule has 0 aliphatic heterocycles. The minimum Gasteiger partial charge on any atom is -0.189 e. The number of hydrogen-bond acceptors (Lipinski definition) is 6. The van der Waals surface area contributed by atoms with Crippen LogP contribution < -0.4 is 10.6 Å². The van der Waals surface area contributed by atoms with Crippen molar-refractivity contribution in [2.75, 3.05) is 0 Å². The third-order valence-electron chi connectivity index (χ3n) is 6.33. The molecule has 0 aliphatic carbocycles. The maximum atomic E-state index is 10.1. The van der Waals surface area contributed by atoms with Gasteiger partial charge in [0.15, 0.2) is 10.6 Å². The maximum absolute atomic E-state index is 10.1. The van der Waals surface area contributed by atoms with Gasteiger partial charge >= 0.3 is 15.9 Å². The molecule has 6 nitrogen and oxygen atoms in total. The lowest BCUT2D eigenvalue weighted by Crippen LogP contribution is -2.26. The third kappa shape index (κ3) is 6.43. The summed E-state index contributed by atoms with van der Waals surface area (Å²) in [5.74, 6) is -0.0541. The molecule has 8 heteroatoms. The van der Waals surface area contributed by atoms with Crippen LogP contribution >= 0.6 is 15.9 Å². The number of rotatable bonds is 6. The highest BCUT2D eigenvalue weighted by molar-refractivity contribution is 7.67. The summed E-state index contributed by atoms with van der Waals surface area (Å²) in [6.45, 7) is 18.0. The number of hydrogen-bond donors (Lipinski definition) is 6. The molecule has 2 aromatic carbocycles. The summed E-state index contributed by atoms with van der Waals surface area (Å²) >= 11 is 0. The molecule has 34 heavy (non-hydrogen) atoms. The van der Waals surface area contributed by atoms with E-state index in [9.17, 15) is 29.4 Å². The van der Waals surface area contributed by atoms with Crippen molar-refractivity contribution in [3.63, 3.8) is 0 Å². The molecule has 0 radical (unpaired) electrons. The molecule has 0 amide bonds. The largest absolute Gasteiger partial charge is 0.441 e. The number of benzene rings is 2. The monoisotopic (exact) mass is 512 g/mol. The highest BCUT2D eigenvalue weighted by Crippen LogP contribution is 2.49. The SMILES string of the molecule is CCCC(c1cc(C)c([P+](O)(O)O)cc1C(C)(C)C)c1cc(C)c([P+](O)(O)O)cc1C(C)(C)C. The van der Waals surface area contributed by atoms with E-state index in [1.807, 2.05) is 12.1 Å². The molecule has 0 fully saturated rings. The Labute approximate surface area is 205 Å². The smallest absolute Gasteiger partial charge is 0.189 e. The van der Waals surface area contributed by atoms with Gasteiger partial charge in [-0.25, -0.2) is 0 Å². The van der Waals surface area contributed by atoms with Gasteiger partial charge in [0.25, 0.3) is 0 Å². The molecule has 0 saturated heterocycles. The average Bonchev–Trinajstić information content (AvgIpc) is 2.61. The Morgan fingerprint density at radius 3 is 1.21 bits per heavy atom. The summed E-state index contributed by atoms with van der Waals surface area (Å²) in [7, 11) is -8.38. The third-order valence-corrected chi connectivity index (χ3v) is 8.58. The minimum atomic E-state index is -4.19. The van der Waals surface area contributed by atoms with Gasteiger partial charge in [-0.1, -0.05) is 67.0 Å². The second-order valence-electron chi connectivity index (χ2n) is 11.4. The lowest BCUT2D eigenvalue weighted by Gasteiger charge is -2.33. The molecule has 0 atom stereocenters. The molecule has 0 aliphatic rings. The number of aryl methyl sites for hydroxylation is 2. The summed E-state index contributed by atoms with van der Waals surface area (Å²) in [6, 6.07) is 7.35. The first kappa shape index (κ1) is 29.3. The zero-order valence-electron chi connectivity index (χ0n) is 21.9. The van der Waals surface area contributed by atoms with Crippen molar-refractivity contribution in [2.45, 2.75) is 91.9 Å². The van der Waals surface area contributed by atoms with Gasteiger partial charge in [0.2, 0.25) is 0 Å². The van der Waals surface area contributed by atoms with Crippen LogP contribution in [-0.2, 0) is 10.8 Å². The fourth-order valence-corrected chi connectivity index (χ4v) is 6.41. The van der Waals surface area contributed by atoms with Gasteiger partial charge in [-0.15, -0.1) is 0 Å². The van der Waals surface area contributed by atoms with E-state index in [4.69, 9.17) is 0 Å². The van der Waals surface area contributed by atoms with E-state index in [0.717, 1.165) is 35.1 Å². The quantitative estimate of drug-likeness (QED) is 0.316. The molecule has 0 heterocycles. The van der Waals surface area contributed by atoms with Crippen molar-refractivity contribution in [1.29, 1.82) is 0 Å². The van der Waals surface area contributed by atoms with Crippen LogP contribution in [-0.4, -0.2) is 29.4 Å². The standard InChI is InChI=1S/C26H42O6P2/c1-10-11-18(19-12-16(2)23(33(27,28)29)14-21(19)25(4,5)6)20-13-17(3)24(34(30,31)32)15-22(20)26(7,8)9/h12-15,18,27-32H,10-11H2,1-9H3/q+2. The Balaban J connectivity index is 2.97.